The van der Waals surface area contributed by atoms with Crippen LogP contribution in [0.3, 0.4) is 0 Å². The Balaban J connectivity index is 4.70. The normalized spacial score (nSPS) is 11.1. The fraction of sp³-hybridized carbons (Fsp3) is 0.815. The molecule has 0 aromatic carbocycles. The summed E-state index contributed by atoms with van der Waals surface area (Å²) in [5.41, 5.74) is -0.494. The maximum atomic E-state index is 11.7. The van der Waals surface area contributed by atoms with E-state index in [1.165, 1.54) is 0 Å². The summed E-state index contributed by atoms with van der Waals surface area (Å²) in [6, 6.07) is 6.57. The molecule has 0 fully saturated rings. The van der Waals surface area contributed by atoms with Crippen molar-refractivity contribution in [2.24, 2.45) is 0 Å². The molecule has 0 bridgehead atoms. The van der Waals surface area contributed by atoms with E-state index in [9.17, 15) is 4.79 Å². The minimum atomic E-state index is -0.494. The maximum absolute atomic E-state index is 11.7. The molecule has 0 aliphatic heterocycles. The number of amides is 1. The van der Waals surface area contributed by atoms with Gasteiger partial charge in [-0.25, -0.2) is 11.4 Å². The van der Waals surface area contributed by atoms with Crippen LogP contribution in [0.25, 0.3) is 4.85 Å². The largest absolute Gasteiger partial charge is 0.444 e. The van der Waals surface area contributed by atoms with E-state index < -0.39 is 5.60 Å². The monoisotopic (exact) mass is 514 g/mol. The van der Waals surface area contributed by atoms with Gasteiger partial charge in [-0.15, -0.1) is 0 Å². The Labute approximate surface area is 224 Å². The average molecular weight is 515 g/mol. The molecule has 0 radical (unpaired) electrons. The smallest absolute Gasteiger partial charge is 0.407 e. The van der Waals surface area contributed by atoms with Crippen LogP contribution in [0.1, 0.15) is 65.7 Å². The highest BCUT2D eigenvalue weighted by atomic mass is 16.6. The van der Waals surface area contributed by atoms with Gasteiger partial charge >= 0.3 is 6.09 Å². The third-order valence-corrected chi connectivity index (χ3v) is 5.68. The van der Waals surface area contributed by atoms with Crippen LogP contribution in [-0.4, -0.2) is 98.4 Å². The van der Waals surface area contributed by atoms with Gasteiger partial charge in [-0.3, -0.25) is 4.90 Å². The minimum Gasteiger partial charge on any atom is -0.444 e. The van der Waals surface area contributed by atoms with Crippen molar-refractivity contribution in [2.45, 2.75) is 71.3 Å². The summed E-state index contributed by atoms with van der Waals surface area (Å²) in [5, 5.41) is 29.7. The van der Waals surface area contributed by atoms with Crippen LogP contribution in [0.2, 0.25) is 0 Å². The number of hydrogen-bond donors (Lipinski definition) is 1. The predicted molar refractivity (Wildman–Crippen MR) is 144 cm³/mol. The fourth-order valence-electron chi connectivity index (χ4n) is 3.71. The second kappa shape index (κ2) is 22.3. The topological polar surface area (TPSA) is 124 Å². The van der Waals surface area contributed by atoms with E-state index in [4.69, 9.17) is 27.1 Å². The molecule has 37 heavy (non-hydrogen) atoms. The summed E-state index contributed by atoms with van der Waals surface area (Å²) in [5.74, 6) is 0. The lowest BCUT2D eigenvalue weighted by atomic mass is 10.2. The molecule has 0 aromatic heterocycles. The number of nitrogens with zero attached hydrogens (tertiary/aromatic N) is 7. The molecule has 0 aliphatic rings. The molecular formula is C27H46N8O2. The van der Waals surface area contributed by atoms with Crippen molar-refractivity contribution >= 4 is 6.09 Å². The van der Waals surface area contributed by atoms with Gasteiger partial charge in [-0.1, -0.05) is 12.8 Å². The first-order valence-electron chi connectivity index (χ1n) is 13.3. The first-order chi connectivity index (χ1) is 17.8. The van der Waals surface area contributed by atoms with E-state index >= 15 is 0 Å². The Morgan fingerprint density at radius 3 is 1.68 bits per heavy atom. The highest BCUT2D eigenvalue weighted by molar-refractivity contribution is 5.67. The summed E-state index contributed by atoms with van der Waals surface area (Å²) >= 11 is 0. The summed E-state index contributed by atoms with van der Waals surface area (Å²) in [6.45, 7) is 20.5. The standard InChI is InChI=1S/C27H46N8O2/c1-27(2,3)37-26(36)32-15-7-5-6-8-17-35(24-22-33(18-9-12-28)19-10-13-29)25-23-34(20-11-14-30)21-16-31-4/h5-11,15-25H2,1-3H3,(H,32,36). The van der Waals surface area contributed by atoms with E-state index in [1.807, 2.05) is 20.8 Å². The van der Waals surface area contributed by atoms with Crippen LogP contribution in [0, 0.1) is 40.6 Å². The lowest BCUT2D eigenvalue weighted by Crippen LogP contribution is -2.41. The van der Waals surface area contributed by atoms with Gasteiger partial charge in [0.25, 0.3) is 0 Å². The summed E-state index contributed by atoms with van der Waals surface area (Å²) < 4.78 is 5.25. The predicted octanol–water partition coefficient (Wildman–Crippen LogP) is 3.64. The minimum absolute atomic E-state index is 0.379. The van der Waals surface area contributed by atoms with E-state index in [-0.39, 0.29) is 6.09 Å². The van der Waals surface area contributed by atoms with E-state index in [0.29, 0.717) is 58.5 Å². The van der Waals surface area contributed by atoms with Gasteiger partial charge in [0, 0.05) is 71.6 Å². The van der Waals surface area contributed by atoms with Crippen molar-refractivity contribution in [3.8, 4) is 18.2 Å². The molecule has 0 unspecified atom stereocenters. The SMILES string of the molecule is [C-]#[N+]CCN(CCC#N)CCN(CCCCCCNC(=O)OC(C)(C)C)CCN(CCC#N)CCC#N. The molecule has 1 amide bonds. The molecule has 0 aromatic rings. The zero-order valence-electron chi connectivity index (χ0n) is 23.2. The molecule has 10 nitrogen and oxygen atoms in total. The van der Waals surface area contributed by atoms with Crippen LogP contribution in [-0.2, 0) is 4.74 Å². The van der Waals surface area contributed by atoms with E-state index in [0.717, 1.165) is 58.4 Å². The Morgan fingerprint density at radius 1 is 0.757 bits per heavy atom. The van der Waals surface area contributed by atoms with Crippen LogP contribution in [0.15, 0.2) is 0 Å². The van der Waals surface area contributed by atoms with Crippen molar-refractivity contribution in [2.75, 3.05) is 72.0 Å². The van der Waals surface area contributed by atoms with Gasteiger partial charge in [-0.2, -0.15) is 15.8 Å². The Kier molecular flexibility index (Phi) is 20.6. The molecule has 0 aliphatic carbocycles. The van der Waals surface area contributed by atoms with Crippen LogP contribution in [0.4, 0.5) is 4.79 Å². The third kappa shape index (κ3) is 22.1. The molecule has 1 N–H and O–H groups in total. The molecule has 0 saturated carbocycles. The Bertz CT molecular complexity index is 690. The quantitative estimate of drug-likeness (QED) is 0.182. The van der Waals surface area contributed by atoms with Gasteiger partial charge in [0.1, 0.15) is 5.60 Å². The highest BCUT2D eigenvalue weighted by Gasteiger charge is 2.15. The summed E-state index contributed by atoms with van der Waals surface area (Å²) in [7, 11) is 0. The van der Waals surface area contributed by atoms with E-state index in [1.54, 1.807) is 0 Å². The first kappa shape index (κ1) is 34.1. The summed E-state index contributed by atoms with van der Waals surface area (Å²) in [6.07, 6.45) is 4.95. The molecular weight excluding hydrogens is 468 g/mol. The number of alkyl carbamates (subject to hydrolysis) is 1. The highest BCUT2D eigenvalue weighted by Crippen LogP contribution is 2.07. The molecule has 10 heteroatoms. The summed E-state index contributed by atoms with van der Waals surface area (Å²) in [4.78, 5) is 22.0. The second-order valence-electron chi connectivity index (χ2n) is 9.97. The second-order valence-corrected chi connectivity index (χ2v) is 9.97. The third-order valence-electron chi connectivity index (χ3n) is 5.68. The number of ether oxygens (including phenoxy) is 1. The van der Waals surface area contributed by atoms with Crippen molar-refractivity contribution in [3.63, 3.8) is 0 Å². The van der Waals surface area contributed by atoms with E-state index in [2.05, 4.69) is 43.1 Å². The van der Waals surface area contributed by atoms with Gasteiger partial charge in [-0.05, 0) is 40.2 Å². The van der Waals surface area contributed by atoms with Crippen molar-refractivity contribution in [3.05, 3.63) is 11.4 Å². The van der Waals surface area contributed by atoms with Crippen LogP contribution >= 0.6 is 0 Å². The number of unbranched alkanes of at least 4 members (excludes halogenated alkanes) is 3. The molecule has 0 rings (SSSR count). The van der Waals surface area contributed by atoms with Crippen LogP contribution in [0.5, 0.6) is 0 Å². The lowest BCUT2D eigenvalue weighted by molar-refractivity contribution is 0.0527. The number of carbonyl (C=O) groups excluding carboxylic acids is 1. The Hall–Kier alpha value is -2.89. The van der Waals surface area contributed by atoms with Gasteiger partial charge in [0.2, 0.25) is 6.54 Å². The van der Waals surface area contributed by atoms with Crippen molar-refractivity contribution in [1.82, 2.24) is 20.0 Å². The molecule has 206 valence electrons. The lowest BCUT2D eigenvalue weighted by Gasteiger charge is -2.29. The van der Waals surface area contributed by atoms with Gasteiger partial charge in [0.05, 0.1) is 24.8 Å². The maximum Gasteiger partial charge on any atom is 0.407 e. The molecule has 0 heterocycles. The number of hydrogen-bond acceptors (Lipinski definition) is 8. The number of carbonyl (C=O) groups is 1. The molecule has 0 atom stereocenters. The molecule has 0 saturated heterocycles. The first-order valence-corrected chi connectivity index (χ1v) is 13.3. The number of rotatable bonds is 21. The van der Waals surface area contributed by atoms with Crippen molar-refractivity contribution < 1.29 is 9.53 Å². The fourth-order valence-corrected chi connectivity index (χ4v) is 3.71. The zero-order valence-corrected chi connectivity index (χ0v) is 23.2. The number of nitriles is 3. The number of nitrogens with one attached hydrogen (secondary N) is 1. The average Bonchev–Trinajstić information content (AvgIpc) is 2.85. The van der Waals surface area contributed by atoms with Crippen LogP contribution < -0.4 is 5.32 Å². The molecule has 0 spiro atoms. The zero-order chi connectivity index (χ0) is 27.8. The van der Waals surface area contributed by atoms with Gasteiger partial charge in [0.15, 0.2) is 0 Å². The van der Waals surface area contributed by atoms with Gasteiger partial charge < -0.3 is 24.7 Å². The Morgan fingerprint density at radius 2 is 1.22 bits per heavy atom. The van der Waals surface area contributed by atoms with Crippen molar-refractivity contribution in [1.29, 1.82) is 15.8 Å².